The van der Waals surface area contributed by atoms with Crippen molar-refractivity contribution in [1.82, 2.24) is 9.80 Å². The third-order valence-corrected chi connectivity index (χ3v) is 4.61. The van der Waals surface area contributed by atoms with Crippen LogP contribution in [0.15, 0.2) is 18.2 Å². The van der Waals surface area contributed by atoms with Crippen LogP contribution in [-0.4, -0.2) is 59.8 Å². The Morgan fingerprint density at radius 2 is 2.04 bits per heavy atom. The molecule has 0 unspecified atom stereocenters. The number of likely N-dealkylation sites (tertiary alicyclic amines) is 1. The Balaban J connectivity index is 1.69. The minimum atomic E-state index is -0.886. The number of rotatable bonds is 2. The second-order valence-electron chi connectivity index (χ2n) is 5.90. The first-order chi connectivity index (χ1) is 11.1. The number of anilines is 1. The van der Waals surface area contributed by atoms with Crippen molar-refractivity contribution in [2.24, 2.45) is 0 Å². The van der Waals surface area contributed by atoms with Crippen molar-refractivity contribution in [3.63, 3.8) is 0 Å². The van der Waals surface area contributed by atoms with E-state index in [0.717, 1.165) is 23.4 Å². The van der Waals surface area contributed by atoms with E-state index >= 15 is 0 Å². The molecule has 2 heterocycles. The number of amides is 3. The first kappa shape index (κ1) is 15.5. The summed E-state index contributed by atoms with van der Waals surface area (Å²) in [6, 6.07) is 5.62. The summed E-state index contributed by atoms with van der Waals surface area (Å²) >= 11 is 0. The fraction of sp³-hybridized carbons (Fsp3) is 0.500. The van der Waals surface area contributed by atoms with E-state index in [1.54, 1.807) is 7.11 Å². The highest BCUT2D eigenvalue weighted by Crippen LogP contribution is 2.27. The molecule has 3 amide bonds. The van der Waals surface area contributed by atoms with Crippen LogP contribution in [0.2, 0.25) is 0 Å². The molecular weight excluding hydrogens is 298 g/mol. The molecule has 0 aromatic heterocycles. The Bertz CT molecular complexity index is 611. The molecule has 23 heavy (non-hydrogen) atoms. The lowest BCUT2D eigenvalue weighted by Crippen LogP contribution is -2.49. The van der Waals surface area contributed by atoms with Gasteiger partial charge in [0.25, 0.3) is 0 Å². The van der Waals surface area contributed by atoms with Crippen molar-refractivity contribution in [1.29, 1.82) is 0 Å². The fourth-order valence-corrected chi connectivity index (χ4v) is 3.27. The summed E-state index contributed by atoms with van der Waals surface area (Å²) < 4.78 is 5.24. The van der Waals surface area contributed by atoms with Gasteiger partial charge in [-0.1, -0.05) is 0 Å². The molecule has 0 saturated carbocycles. The largest absolute Gasteiger partial charge is 0.497 e. The Labute approximate surface area is 134 Å². The summed E-state index contributed by atoms with van der Waals surface area (Å²) in [5, 5.41) is 12.0. The maximum atomic E-state index is 12.5. The highest BCUT2D eigenvalue weighted by molar-refractivity contribution is 5.91. The maximum absolute atomic E-state index is 12.5. The van der Waals surface area contributed by atoms with Crippen molar-refractivity contribution in [3.05, 3.63) is 23.8 Å². The van der Waals surface area contributed by atoms with E-state index in [1.165, 1.54) is 4.90 Å². The van der Waals surface area contributed by atoms with E-state index in [2.05, 4.69) is 5.32 Å². The molecule has 0 atom stereocenters. The first-order valence-corrected chi connectivity index (χ1v) is 7.81. The molecule has 1 saturated heterocycles. The van der Waals surface area contributed by atoms with Crippen LogP contribution >= 0.6 is 0 Å². The van der Waals surface area contributed by atoms with Crippen LogP contribution in [0.5, 0.6) is 5.75 Å². The molecule has 0 bridgehead atoms. The van der Waals surface area contributed by atoms with Gasteiger partial charge in [-0.05, 0) is 43.0 Å². The van der Waals surface area contributed by atoms with Crippen LogP contribution in [-0.2, 0) is 6.42 Å². The number of ether oxygens (including phenoxy) is 1. The monoisotopic (exact) mass is 319 g/mol. The molecule has 124 valence electrons. The Hall–Kier alpha value is -2.44. The number of nitrogens with one attached hydrogen (secondary N) is 1. The lowest BCUT2D eigenvalue weighted by molar-refractivity contribution is 0.108. The predicted octanol–water partition coefficient (Wildman–Crippen LogP) is 2.23. The lowest BCUT2D eigenvalue weighted by Gasteiger charge is -2.36. The highest BCUT2D eigenvalue weighted by Gasteiger charge is 2.31. The maximum Gasteiger partial charge on any atom is 0.407 e. The zero-order valence-electron chi connectivity index (χ0n) is 13.1. The summed E-state index contributed by atoms with van der Waals surface area (Å²) in [7, 11) is 1.62. The van der Waals surface area contributed by atoms with Crippen LogP contribution in [0, 0.1) is 0 Å². The molecule has 1 aromatic carbocycles. The number of fused-ring (bicyclic) bond motifs is 1. The van der Waals surface area contributed by atoms with Crippen molar-refractivity contribution in [2.75, 3.05) is 32.1 Å². The van der Waals surface area contributed by atoms with Crippen LogP contribution in [0.25, 0.3) is 0 Å². The quantitative estimate of drug-likeness (QED) is 0.876. The Kier molecular flexibility index (Phi) is 4.27. The van der Waals surface area contributed by atoms with Crippen molar-refractivity contribution >= 4 is 17.8 Å². The minimum Gasteiger partial charge on any atom is -0.497 e. The predicted molar refractivity (Wildman–Crippen MR) is 85.0 cm³/mol. The number of piperidine rings is 1. The van der Waals surface area contributed by atoms with Gasteiger partial charge in [-0.3, -0.25) is 0 Å². The second kappa shape index (κ2) is 6.36. The van der Waals surface area contributed by atoms with Gasteiger partial charge in [0.1, 0.15) is 5.75 Å². The van der Waals surface area contributed by atoms with E-state index in [9.17, 15) is 9.59 Å². The molecular formula is C16H21N3O4. The number of hydrogen-bond acceptors (Lipinski definition) is 3. The smallest absolute Gasteiger partial charge is 0.407 e. The number of urea groups is 1. The van der Waals surface area contributed by atoms with Crippen molar-refractivity contribution in [3.8, 4) is 5.75 Å². The molecule has 7 heteroatoms. The fourth-order valence-electron chi connectivity index (χ4n) is 3.27. The molecule has 1 fully saturated rings. The van der Waals surface area contributed by atoms with Gasteiger partial charge in [-0.2, -0.15) is 0 Å². The summed E-state index contributed by atoms with van der Waals surface area (Å²) in [5.41, 5.74) is 1.88. The summed E-state index contributed by atoms with van der Waals surface area (Å²) in [5.74, 6) is 0.779. The van der Waals surface area contributed by atoms with Crippen molar-refractivity contribution in [2.45, 2.75) is 25.3 Å². The number of carbonyl (C=O) groups is 2. The van der Waals surface area contributed by atoms with Crippen LogP contribution in [0.3, 0.4) is 0 Å². The number of carbonyl (C=O) groups excluding carboxylic acids is 1. The summed E-state index contributed by atoms with van der Waals surface area (Å²) in [6.45, 7) is 1.58. The van der Waals surface area contributed by atoms with E-state index in [0.29, 0.717) is 32.5 Å². The molecule has 2 N–H and O–H groups in total. The Morgan fingerprint density at radius 3 is 2.70 bits per heavy atom. The molecule has 0 spiro atoms. The van der Waals surface area contributed by atoms with Crippen molar-refractivity contribution < 1.29 is 19.4 Å². The lowest BCUT2D eigenvalue weighted by atomic mass is 10.0. The molecule has 1 aromatic rings. The van der Waals surface area contributed by atoms with Gasteiger partial charge in [-0.15, -0.1) is 0 Å². The average molecular weight is 319 g/mol. The topological polar surface area (TPSA) is 82.1 Å². The van der Waals surface area contributed by atoms with Crippen LogP contribution < -0.4 is 10.1 Å². The van der Waals surface area contributed by atoms with Gasteiger partial charge >= 0.3 is 12.1 Å². The van der Waals surface area contributed by atoms with Gasteiger partial charge in [-0.25, -0.2) is 9.59 Å². The summed E-state index contributed by atoms with van der Waals surface area (Å²) in [4.78, 5) is 26.7. The summed E-state index contributed by atoms with van der Waals surface area (Å²) in [6.07, 6.45) is 1.23. The van der Waals surface area contributed by atoms with E-state index in [-0.39, 0.29) is 12.1 Å². The number of benzene rings is 1. The third-order valence-electron chi connectivity index (χ3n) is 4.61. The molecule has 3 rings (SSSR count). The van der Waals surface area contributed by atoms with E-state index < -0.39 is 6.09 Å². The molecule has 7 nitrogen and oxygen atoms in total. The second-order valence-corrected chi connectivity index (χ2v) is 5.90. The zero-order valence-corrected chi connectivity index (χ0v) is 13.1. The van der Waals surface area contributed by atoms with Crippen LogP contribution in [0.1, 0.15) is 18.4 Å². The third kappa shape index (κ3) is 3.18. The number of hydrogen-bond donors (Lipinski definition) is 2. The molecule has 0 radical (unpaired) electrons. The standard InChI is InChI=1S/C16H21N3O4/c1-23-13-2-3-14-11(10-13)4-9-19(15(20)17-14)12-5-7-18(8-6-12)16(21)22/h2-3,10,12H,4-9H2,1H3,(H,17,20)(H,21,22). The molecule has 0 aliphatic carbocycles. The van der Waals surface area contributed by atoms with Gasteiger partial charge in [0.05, 0.1) is 7.11 Å². The van der Waals surface area contributed by atoms with E-state index in [4.69, 9.17) is 9.84 Å². The van der Waals surface area contributed by atoms with Gasteiger partial charge in [0.2, 0.25) is 0 Å². The number of carboxylic acid groups (broad SMARTS) is 1. The highest BCUT2D eigenvalue weighted by atomic mass is 16.5. The molecule has 2 aliphatic heterocycles. The SMILES string of the molecule is COc1ccc2c(c1)CCN(C1CCN(C(=O)O)CC1)C(=O)N2. The number of methoxy groups -OCH3 is 1. The van der Waals surface area contributed by atoms with Gasteiger partial charge in [0, 0.05) is 31.4 Å². The normalized spacial score (nSPS) is 18.9. The zero-order chi connectivity index (χ0) is 16.4. The van der Waals surface area contributed by atoms with Crippen LogP contribution in [0.4, 0.5) is 15.3 Å². The van der Waals surface area contributed by atoms with Gasteiger partial charge < -0.3 is 25.0 Å². The van der Waals surface area contributed by atoms with Gasteiger partial charge in [0.15, 0.2) is 0 Å². The van der Waals surface area contributed by atoms with E-state index in [1.807, 2.05) is 23.1 Å². The number of nitrogens with zero attached hydrogens (tertiary/aromatic N) is 2. The first-order valence-electron chi connectivity index (χ1n) is 7.81. The molecule has 2 aliphatic rings. The Morgan fingerprint density at radius 1 is 1.30 bits per heavy atom. The minimum absolute atomic E-state index is 0.0850. The average Bonchev–Trinajstić information content (AvgIpc) is 2.72.